The lowest BCUT2D eigenvalue weighted by Gasteiger charge is -2.14. The number of ether oxygens (including phenoxy) is 1. The number of anilines is 1. The Morgan fingerprint density at radius 3 is 2.70 bits per heavy atom. The van der Waals surface area contributed by atoms with E-state index in [1.165, 1.54) is 0 Å². The van der Waals surface area contributed by atoms with Gasteiger partial charge in [0.15, 0.2) is 0 Å². The summed E-state index contributed by atoms with van der Waals surface area (Å²) >= 11 is 5.92. The van der Waals surface area contributed by atoms with Crippen molar-refractivity contribution in [3.05, 3.63) is 70.9 Å². The molecule has 2 amide bonds. The van der Waals surface area contributed by atoms with E-state index in [-0.39, 0.29) is 6.61 Å². The largest absolute Gasteiger partial charge is 0.472 e. The SMILES string of the molecule is CCc1cccc(NC(=O)NN)c1COc1ccn(-c2ccc(Cl)cc2)n1. The molecule has 3 rings (SSSR count). The topological polar surface area (TPSA) is 94.2 Å². The number of carbonyl (C=O) groups is 1. The van der Waals surface area contributed by atoms with E-state index >= 15 is 0 Å². The van der Waals surface area contributed by atoms with E-state index in [9.17, 15) is 4.79 Å². The molecule has 2 aromatic carbocycles. The quantitative estimate of drug-likeness (QED) is 0.343. The molecule has 0 aliphatic carbocycles. The van der Waals surface area contributed by atoms with Gasteiger partial charge in [0.05, 0.1) is 5.69 Å². The summed E-state index contributed by atoms with van der Waals surface area (Å²) < 4.78 is 7.56. The summed E-state index contributed by atoms with van der Waals surface area (Å²) in [6, 6.07) is 14.3. The molecule has 3 aromatic rings. The Morgan fingerprint density at radius 1 is 1.22 bits per heavy atom. The van der Waals surface area contributed by atoms with Gasteiger partial charge < -0.3 is 10.1 Å². The summed E-state index contributed by atoms with van der Waals surface area (Å²) in [5, 5.41) is 7.80. The maximum absolute atomic E-state index is 11.6. The van der Waals surface area contributed by atoms with E-state index in [0.29, 0.717) is 16.6 Å². The minimum absolute atomic E-state index is 0.266. The van der Waals surface area contributed by atoms with Crippen molar-refractivity contribution in [2.75, 3.05) is 5.32 Å². The second-order valence-electron chi connectivity index (χ2n) is 5.76. The van der Waals surface area contributed by atoms with Crippen LogP contribution in [0.3, 0.4) is 0 Å². The lowest BCUT2D eigenvalue weighted by atomic mass is 10.0. The van der Waals surface area contributed by atoms with Gasteiger partial charge in [0, 0.05) is 28.5 Å². The van der Waals surface area contributed by atoms with Gasteiger partial charge in [0.25, 0.3) is 0 Å². The number of hydrazine groups is 1. The molecule has 0 saturated carbocycles. The minimum Gasteiger partial charge on any atom is -0.472 e. The van der Waals surface area contributed by atoms with Crippen LogP contribution in [-0.4, -0.2) is 15.8 Å². The van der Waals surface area contributed by atoms with Gasteiger partial charge in [-0.25, -0.2) is 15.3 Å². The van der Waals surface area contributed by atoms with Crippen molar-refractivity contribution in [2.45, 2.75) is 20.0 Å². The monoisotopic (exact) mass is 385 g/mol. The molecule has 140 valence electrons. The van der Waals surface area contributed by atoms with E-state index in [2.05, 4.69) is 15.8 Å². The summed E-state index contributed by atoms with van der Waals surface area (Å²) in [5.41, 5.74) is 5.54. The van der Waals surface area contributed by atoms with Crippen molar-refractivity contribution in [3.8, 4) is 11.6 Å². The van der Waals surface area contributed by atoms with Crippen LogP contribution in [0.25, 0.3) is 5.69 Å². The molecule has 1 heterocycles. The Labute approximate surface area is 162 Å². The average molecular weight is 386 g/mol. The molecule has 0 bridgehead atoms. The number of carbonyl (C=O) groups excluding carboxylic acids is 1. The number of rotatable bonds is 6. The molecule has 0 aliphatic rings. The molecule has 8 heteroatoms. The Balaban J connectivity index is 1.76. The van der Waals surface area contributed by atoms with E-state index in [1.807, 2.05) is 37.4 Å². The van der Waals surface area contributed by atoms with Gasteiger partial charge >= 0.3 is 6.03 Å². The molecular formula is C19H20ClN5O2. The fourth-order valence-electron chi connectivity index (χ4n) is 2.68. The van der Waals surface area contributed by atoms with Gasteiger partial charge in [0.2, 0.25) is 5.88 Å². The Hall–Kier alpha value is -3.03. The van der Waals surface area contributed by atoms with Crippen LogP contribution in [0.5, 0.6) is 5.88 Å². The lowest BCUT2D eigenvalue weighted by Crippen LogP contribution is -2.34. The fourth-order valence-corrected chi connectivity index (χ4v) is 2.81. The van der Waals surface area contributed by atoms with Crippen molar-refractivity contribution in [3.63, 3.8) is 0 Å². The maximum atomic E-state index is 11.6. The number of nitrogens with one attached hydrogen (secondary N) is 2. The van der Waals surface area contributed by atoms with Crippen LogP contribution in [0.1, 0.15) is 18.1 Å². The van der Waals surface area contributed by atoms with Gasteiger partial charge in [-0.2, -0.15) is 0 Å². The van der Waals surface area contributed by atoms with E-state index in [4.69, 9.17) is 22.2 Å². The van der Waals surface area contributed by atoms with Crippen LogP contribution < -0.4 is 21.3 Å². The molecule has 0 fully saturated rings. The van der Waals surface area contributed by atoms with Crippen molar-refractivity contribution >= 4 is 23.3 Å². The Kier molecular flexibility index (Phi) is 5.95. The smallest absolute Gasteiger partial charge is 0.333 e. The molecule has 27 heavy (non-hydrogen) atoms. The zero-order chi connectivity index (χ0) is 19.2. The van der Waals surface area contributed by atoms with Gasteiger partial charge in [-0.1, -0.05) is 30.7 Å². The van der Waals surface area contributed by atoms with Crippen molar-refractivity contribution in [2.24, 2.45) is 5.84 Å². The number of hydrogen-bond donors (Lipinski definition) is 3. The predicted octanol–water partition coefficient (Wildman–Crippen LogP) is 3.66. The number of amides is 2. The number of nitrogens with zero attached hydrogens (tertiary/aromatic N) is 2. The first-order valence-corrected chi connectivity index (χ1v) is 8.81. The van der Waals surface area contributed by atoms with Crippen molar-refractivity contribution in [1.82, 2.24) is 15.2 Å². The fraction of sp³-hybridized carbons (Fsp3) is 0.158. The van der Waals surface area contributed by atoms with E-state index < -0.39 is 6.03 Å². The standard InChI is InChI=1S/C19H20ClN5O2/c1-2-13-4-3-5-17(22-19(26)23-21)16(13)12-27-18-10-11-25(24-18)15-8-6-14(20)7-9-15/h3-11H,2,12,21H2,1H3,(H2,22,23,26). The highest BCUT2D eigenvalue weighted by Gasteiger charge is 2.11. The first-order valence-electron chi connectivity index (χ1n) is 8.43. The van der Waals surface area contributed by atoms with Crippen LogP contribution in [0, 0.1) is 0 Å². The summed E-state index contributed by atoms with van der Waals surface area (Å²) in [6.45, 7) is 2.31. The second kappa shape index (κ2) is 8.57. The highest BCUT2D eigenvalue weighted by molar-refractivity contribution is 6.30. The summed E-state index contributed by atoms with van der Waals surface area (Å²) in [5.74, 6) is 5.64. The molecule has 0 radical (unpaired) electrons. The zero-order valence-electron chi connectivity index (χ0n) is 14.8. The molecular weight excluding hydrogens is 366 g/mol. The van der Waals surface area contributed by atoms with Crippen LogP contribution in [-0.2, 0) is 13.0 Å². The van der Waals surface area contributed by atoms with Gasteiger partial charge in [0.1, 0.15) is 6.61 Å². The van der Waals surface area contributed by atoms with Crippen molar-refractivity contribution < 1.29 is 9.53 Å². The summed E-state index contributed by atoms with van der Waals surface area (Å²) in [6.07, 6.45) is 2.61. The van der Waals surface area contributed by atoms with E-state index in [1.54, 1.807) is 28.9 Å². The van der Waals surface area contributed by atoms with Gasteiger partial charge in [-0.05, 0) is 42.3 Å². The molecule has 1 aromatic heterocycles. The summed E-state index contributed by atoms with van der Waals surface area (Å²) in [4.78, 5) is 11.6. The number of urea groups is 1. The number of halogens is 1. The molecule has 0 aliphatic heterocycles. The molecule has 4 N–H and O–H groups in total. The third-order valence-corrected chi connectivity index (χ3v) is 4.31. The first-order chi connectivity index (χ1) is 13.1. The number of aryl methyl sites for hydroxylation is 1. The number of benzene rings is 2. The number of nitrogens with two attached hydrogens (primary N) is 1. The molecule has 0 unspecified atom stereocenters. The number of hydrogen-bond acceptors (Lipinski definition) is 4. The Morgan fingerprint density at radius 2 is 2.00 bits per heavy atom. The third kappa shape index (κ3) is 4.58. The highest BCUT2D eigenvalue weighted by atomic mass is 35.5. The summed E-state index contributed by atoms with van der Waals surface area (Å²) in [7, 11) is 0. The van der Waals surface area contributed by atoms with Gasteiger partial charge in [-0.15, -0.1) is 5.10 Å². The van der Waals surface area contributed by atoms with E-state index in [0.717, 1.165) is 23.2 Å². The molecule has 0 saturated heterocycles. The van der Waals surface area contributed by atoms with Gasteiger partial charge in [-0.3, -0.25) is 5.43 Å². The third-order valence-electron chi connectivity index (χ3n) is 4.05. The highest BCUT2D eigenvalue weighted by Crippen LogP contribution is 2.23. The maximum Gasteiger partial charge on any atom is 0.333 e. The first kappa shape index (κ1) is 18.8. The normalized spacial score (nSPS) is 10.5. The Bertz CT molecular complexity index is 924. The predicted molar refractivity (Wildman–Crippen MR) is 105 cm³/mol. The minimum atomic E-state index is -0.489. The number of aromatic nitrogens is 2. The van der Waals surface area contributed by atoms with Crippen molar-refractivity contribution in [1.29, 1.82) is 0 Å². The molecule has 0 atom stereocenters. The average Bonchev–Trinajstić information content (AvgIpc) is 3.16. The second-order valence-corrected chi connectivity index (χ2v) is 6.20. The zero-order valence-corrected chi connectivity index (χ0v) is 15.5. The molecule has 0 spiro atoms. The van der Waals surface area contributed by atoms with Crippen LogP contribution in [0.2, 0.25) is 5.02 Å². The lowest BCUT2D eigenvalue weighted by molar-refractivity contribution is 0.252. The van der Waals surface area contributed by atoms with Crippen LogP contribution >= 0.6 is 11.6 Å². The van der Waals surface area contributed by atoms with Crippen LogP contribution in [0.15, 0.2) is 54.7 Å². The molecule has 7 nitrogen and oxygen atoms in total. The van der Waals surface area contributed by atoms with Crippen LogP contribution in [0.4, 0.5) is 10.5 Å².